The molecule has 208 valence electrons. The fraction of sp³-hybridized carbons (Fsp3) is 0.690. The quantitative estimate of drug-likeness (QED) is 0.455. The van der Waals surface area contributed by atoms with E-state index in [4.69, 9.17) is 14.2 Å². The maximum absolute atomic E-state index is 13.3. The van der Waals surface area contributed by atoms with Gasteiger partial charge in [0.05, 0.1) is 12.0 Å². The molecular weight excluding hydrogens is 488 g/mol. The van der Waals surface area contributed by atoms with E-state index in [1.807, 2.05) is 25.1 Å². The average Bonchev–Trinajstić information content (AvgIpc) is 3.26. The van der Waals surface area contributed by atoms with Gasteiger partial charge in [-0.05, 0) is 24.5 Å². The third-order valence-electron chi connectivity index (χ3n) is 9.50. The lowest BCUT2D eigenvalue weighted by atomic mass is 9.66. The molecule has 2 aliphatic carbocycles. The molecule has 0 aromatic heterocycles. The van der Waals surface area contributed by atoms with E-state index in [2.05, 4.69) is 28.9 Å². The van der Waals surface area contributed by atoms with Crippen molar-refractivity contribution in [1.82, 2.24) is 4.90 Å². The molecule has 9 atom stereocenters. The zero-order valence-electron chi connectivity index (χ0n) is 22.7. The summed E-state index contributed by atoms with van der Waals surface area (Å²) in [7, 11) is 0. The molecule has 2 saturated carbocycles. The molecule has 5 rings (SSSR count). The van der Waals surface area contributed by atoms with Crippen LogP contribution in [0.15, 0.2) is 30.3 Å². The molecule has 1 aromatic carbocycles. The van der Waals surface area contributed by atoms with Crippen LogP contribution in [0.3, 0.4) is 0 Å². The first-order chi connectivity index (χ1) is 18.1. The van der Waals surface area contributed by atoms with Crippen molar-refractivity contribution < 1.29 is 33.7 Å². The summed E-state index contributed by atoms with van der Waals surface area (Å²) in [6, 6.07) is 10.3. The van der Waals surface area contributed by atoms with Crippen LogP contribution < -0.4 is 4.90 Å². The predicted octanol–water partition coefficient (Wildman–Crippen LogP) is 2.26. The summed E-state index contributed by atoms with van der Waals surface area (Å²) < 4.78 is 17.7. The Morgan fingerprint density at radius 1 is 1.05 bits per heavy atom. The average molecular weight is 529 g/mol. The second kappa shape index (κ2) is 10.5. The van der Waals surface area contributed by atoms with Gasteiger partial charge in [-0.2, -0.15) is 0 Å². The molecule has 2 heterocycles. The number of carbonyl (C=O) groups is 3. The number of esters is 3. The van der Waals surface area contributed by atoms with Crippen molar-refractivity contribution in [1.29, 1.82) is 0 Å². The summed E-state index contributed by atoms with van der Waals surface area (Å²) in [4.78, 5) is 42.2. The lowest BCUT2D eigenvalue weighted by Crippen LogP contribution is -2.54. The van der Waals surface area contributed by atoms with Crippen molar-refractivity contribution in [2.24, 2.45) is 29.1 Å². The van der Waals surface area contributed by atoms with E-state index in [0.29, 0.717) is 13.0 Å². The zero-order chi connectivity index (χ0) is 27.2. The molecule has 38 heavy (non-hydrogen) atoms. The number of fused-ring (bicyclic) bond motifs is 2. The molecule has 0 spiro atoms. The number of para-hydroxylation sites is 1. The number of hydrogen-bond acceptors (Lipinski definition) is 9. The highest BCUT2D eigenvalue weighted by molar-refractivity contribution is 5.76. The molecule has 9 nitrogen and oxygen atoms in total. The molecule has 0 amide bonds. The van der Waals surface area contributed by atoms with Gasteiger partial charge in [0.2, 0.25) is 0 Å². The van der Waals surface area contributed by atoms with E-state index in [9.17, 15) is 19.5 Å². The van der Waals surface area contributed by atoms with Crippen molar-refractivity contribution in [2.75, 3.05) is 37.6 Å². The van der Waals surface area contributed by atoms with Crippen LogP contribution in [0, 0.1) is 29.1 Å². The van der Waals surface area contributed by atoms with Crippen LogP contribution in [0.25, 0.3) is 0 Å². The molecule has 4 aliphatic rings. The van der Waals surface area contributed by atoms with E-state index in [-0.39, 0.29) is 30.1 Å². The second-order valence-corrected chi connectivity index (χ2v) is 11.8. The topological polar surface area (TPSA) is 106 Å². The Morgan fingerprint density at radius 2 is 1.71 bits per heavy atom. The molecule has 2 saturated heterocycles. The number of anilines is 1. The minimum atomic E-state index is -0.886. The SMILES string of the molecule is CC(=O)O[C@H]1C[C@H](O)[C@]2(C)[C@H]1[C@H](C)C[C@@H]1OC(=O)[C@H](CN3CCN(c4ccccc4)CC3)[C@H]1[C@@H]2OC(C)=O. The molecule has 1 aromatic rings. The summed E-state index contributed by atoms with van der Waals surface area (Å²) in [5, 5.41) is 11.4. The summed E-state index contributed by atoms with van der Waals surface area (Å²) >= 11 is 0. The largest absolute Gasteiger partial charge is 0.462 e. The van der Waals surface area contributed by atoms with Crippen LogP contribution in [0.4, 0.5) is 5.69 Å². The third-order valence-corrected chi connectivity index (χ3v) is 9.50. The number of ether oxygens (including phenoxy) is 3. The van der Waals surface area contributed by atoms with Gasteiger partial charge in [0.25, 0.3) is 0 Å². The number of benzene rings is 1. The van der Waals surface area contributed by atoms with E-state index in [1.54, 1.807) is 0 Å². The van der Waals surface area contributed by atoms with E-state index < -0.39 is 47.7 Å². The Kier molecular flexibility index (Phi) is 7.44. The van der Waals surface area contributed by atoms with Crippen LogP contribution in [0.1, 0.15) is 40.5 Å². The van der Waals surface area contributed by atoms with Gasteiger partial charge in [-0.15, -0.1) is 0 Å². The summed E-state index contributed by atoms with van der Waals surface area (Å²) in [6.07, 6.45) is -1.66. The van der Waals surface area contributed by atoms with Gasteiger partial charge in [0.1, 0.15) is 18.3 Å². The van der Waals surface area contributed by atoms with Crippen LogP contribution >= 0.6 is 0 Å². The maximum atomic E-state index is 13.3. The number of aliphatic hydroxyl groups excluding tert-OH is 1. The first-order valence-corrected chi connectivity index (χ1v) is 13.8. The number of rotatable bonds is 5. The standard InChI is InChI=1S/C29H40N2O7/c1-17-14-22-25(27(37-19(3)33)29(4)24(34)15-23(26(17)29)36-18(2)32)21(28(35)38-22)16-30-10-12-31(13-11-30)20-8-6-5-7-9-20/h5-9,17,21-27,34H,10-16H2,1-4H3/t17-,21-,22+,23+,24+,25-,26+,27+,29-/m1/s1. The third kappa shape index (κ3) is 4.79. The van der Waals surface area contributed by atoms with Crippen LogP contribution in [-0.2, 0) is 28.6 Å². The van der Waals surface area contributed by atoms with Crippen molar-refractivity contribution in [3.63, 3.8) is 0 Å². The predicted molar refractivity (Wildman–Crippen MR) is 139 cm³/mol. The number of piperazine rings is 1. The van der Waals surface area contributed by atoms with Crippen molar-refractivity contribution in [2.45, 2.75) is 65.0 Å². The Bertz CT molecular complexity index is 1040. The Morgan fingerprint density at radius 3 is 2.34 bits per heavy atom. The van der Waals surface area contributed by atoms with E-state index in [0.717, 1.165) is 26.2 Å². The Balaban J connectivity index is 1.40. The lowest BCUT2D eigenvalue weighted by molar-refractivity contribution is -0.174. The normalized spacial score (nSPS) is 39.1. The van der Waals surface area contributed by atoms with Crippen molar-refractivity contribution in [3.05, 3.63) is 30.3 Å². The molecule has 9 heteroatoms. The molecule has 0 bridgehead atoms. The lowest BCUT2D eigenvalue weighted by Gasteiger charge is -2.44. The van der Waals surface area contributed by atoms with Crippen LogP contribution in [0.5, 0.6) is 0 Å². The van der Waals surface area contributed by atoms with Crippen LogP contribution in [0.2, 0.25) is 0 Å². The van der Waals surface area contributed by atoms with Gasteiger partial charge >= 0.3 is 17.9 Å². The second-order valence-electron chi connectivity index (χ2n) is 11.8. The summed E-state index contributed by atoms with van der Waals surface area (Å²) in [5.41, 5.74) is 0.305. The van der Waals surface area contributed by atoms with E-state index >= 15 is 0 Å². The first kappa shape index (κ1) is 26.9. The summed E-state index contributed by atoms with van der Waals surface area (Å²) in [5.74, 6) is -2.23. The van der Waals surface area contributed by atoms with Crippen molar-refractivity contribution >= 4 is 23.6 Å². The molecular formula is C29H40N2O7. The zero-order valence-corrected chi connectivity index (χ0v) is 22.7. The number of aliphatic hydroxyl groups is 1. The number of nitrogens with zero attached hydrogens (tertiary/aromatic N) is 2. The van der Waals surface area contributed by atoms with Gasteiger partial charge in [0, 0.05) is 75.9 Å². The number of carbonyl (C=O) groups excluding carboxylic acids is 3. The Hall–Kier alpha value is -2.65. The molecule has 1 N–H and O–H groups in total. The Labute approximate surface area is 224 Å². The maximum Gasteiger partial charge on any atom is 0.311 e. The monoisotopic (exact) mass is 528 g/mol. The molecule has 4 fully saturated rings. The highest BCUT2D eigenvalue weighted by atomic mass is 16.6. The van der Waals surface area contributed by atoms with Gasteiger partial charge in [0.15, 0.2) is 0 Å². The van der Waals surface area contributed by atoms with Crippen LogP contribution in [-0.4, -0.2) is 85.1 Å². The summed E-state index contributed by atoms with van der Waals surface area (Å²) in [6.45, 7) is 10.5. The fourth-order valence-corrected chi connectivity index (χ4v) is 7.89. The first-order valence-electron chi connectivity index (χ1n) is 13.8. The van der Waals surface area contributed by atoms with Gasteiger partial charge in [-0.25, -0.2) is 0 Å². The molecule has 2 aliphatic heterocycles. The smallest absolute Gasteiger partial charge is 0.311 e. The number of hydrogen-bond donors (Lipinski definition) is 1. The highest BCUT2D eigenvalue weighted by Gasteiger charge is 2.67. The molecule has 0 unspecified atom stereocenters. The van der Waals surface area contributed by atoms with Gasteiger partial charge < -0.3 is 24.2 Å². The van der Waals surface area contributed by atoms with Gasteiger partial charge in [-0.3, -0.25) is 19.3 Å². The molecule has 0 radical (unpaired) electrons. The van der Waals surface area contributed by atoms with E-state index in [1.165, 1.54) is 19.5 Å². The highest BCUT2D eigenvalue weighted by Crippen LogP contribution is 2.59. The minimum absolute atomic E-state index is 0.0180. The fourth-order valence-electron chi connectivity index (χ4n) is 7.89. The van der Waals surface area contributed by atoms with Gasteiger partial charge in [-0.1, -0.05) is 32.0 Å². The van der Waals surface area contributed by atoms with Crippen molar-refractivity contribution in [3.8, 4) is 0 Å². The minimum Gasteiger partial charge on any atom is -0.462 e.